The van der Waals surface area contributed by atoms with Crippen LogP contribution in [0.5, 0.6) is 0 Å². The van der Waals surface area contributed by atoms with E-state index in [4.69, 9.17) is 11.6 Å². The van der Waals surface area contributed by atoms with Crippen molar-refractivity contribution in [2.45, 2.75) is 18.5 Å². The van der Waals surface area contributed by atoms with Crippen LogP contribution >= 0.6 is 11.6 Å². The van der Waals surface area contributed by atoms with Crippen LogP contribution in [0.3, 0.4) is 0 Å². The van der Waals surface area contributed by atoms with Gasteiger partial charge in [0.1, 0.15) is 5.15 Å². The van der Waals surface area contributed by atoms with Gasteiger partial charge in [-0.2, -0.15) is 10.1 Å². The summed E-state index contributed by atoms with van der Waals surface area (Å²) < 4.78 is 15.2. The Balaban J connectivity index is 1.54. The van der Waals surface area contributed by atoms with Crippen molar-refractivity contribution in [3.05, 3.63) is 53.6 Å². The second kappa shape index (κ2) is 6.45. The number of pyridine rings is 2. The second-order valence-electron chi connectivity index (χ2n) is 6.06. The molecule has 1 fully saturated rings. The van der Waals surface area contributed by atoms with E-state index < -0.39 is 11.6 Å². The minimum atomic E-state index is -2.00. The van der Waals surface area contributed by atoms with Crippen LogP contribution in [0.1, 0.15) is 12.0 Å². The Morgan fingerprint density at radius 1 is 1.27 bits per heavy atom. The van der Waals surface area contributed by atoms with E-state index in [9.17, 15) is 4.79 Å². The molecule has 26 heavy (non-hydrogen) atoms. The lowest BCUT2D eigenvalue weighted by molar-refractivity contribution is -0.127. The number of aromatic nitrogens is 5. The first-order valence-corrected chi connectivity index (χ1v) is 8.37. The van der Waals surface area contributed by atoms with Crippen LogP contribution in [0.4, 0.5) is 10.3 Å². The molecule has 0 aliphatic carbocycles. The molecule has 1 saturated heterocycles. The van der Waals surface area contributed by atoms with Crippen molar-refractivity contribution in [1.29, 1.82) is 0 Å². The number of hydrogen-bond acceptors (Lipinski definition) is 5. The number of anilines is 1. The second-order valence-corrected chi connectivity index (χ2v) is 6.44. The molecule has 0 aromatic carbocycles. The molecule has 1 N–H and O–H groups in total. The molecule has 4 rings (SSSR count). The zero-order valence-corrected chi connectivity index (χ0v) is 14.3. The number of H-pyrrole nitrogens is 1. The first kappa shape index (κ1) is 16.6. The smallest absolute Gasteiger partial charge is 0.267 e. The van der Waals surface area contributed by atoms with Crippen molar-refractivity contribution < 1.29 is 9.18 Å². The van der Waals surface area contributed by atoms with Gasteiger partial charge in [0.25, 0.3) is 5.91 Å². The van der Waals surface area contributed by atoms with E-state index in [1.165, 1.54) is 11.1 Å². The zero-order chi connectivity index (χ0) is 18.1. The van der Waals surface area contributed by atoms with Crippen molar-refractivity contribution in [3.63, 3.8) is 0 Å². The minimum absolute atomic E-state index is 0.0577. The van der Waals surface area contributed by atoms with Gasteiger partial charge >= 0.3 is 0 Å². The number of nitrogens with one attached hydrogen (secondary N) is 1. The molecular formula is C17H14ClFN6O. The first-order chi connectivity index (χ1) is 12.5. The number of halogens is 2. The third kappa shape index (κ3) is 3.03. The Bertz CT molecular complexity index is 932. The lowest BCUT2D eigenvalue weighted by Gasteiger charge is -2.18. The van der Waals surface area contributed by atoms with Crippen molar-refractivity contribution >= 4 is 23.5 Å². The van der Waals surface area contributed by atoms with Crippen LogP contribution < -0.4 is 4.90 Å². The standard InChI is InChI=1S/C17H14ClFN6O/c18-13-2-1-11(10-21-13)9-17(19)5-8-25(15(17)26)16-22-14(23-24-16)12-3-6-20-7-4-12/h1-4,6-7,10H,5,8-9H2,(H,22,23,24). The van der Waals surface area contributed by atoms with E-state index >= 15 is 4.39 Å². The summed E-state index contributed by atoms with van der Waals surface area (Å²) in [7, 11) is 0. The van der Waals surface area contributed by atoms with Crippen LogP contribution in [0, 0.1) is 0 Å². The molecule has 0 bridgehead atoms. The van der Waals surface area contributed by atoms with Crippen LogP contribution in [0.25, 0.3) is 11.4 Å². The number of nitrogens with zero attached hydrogens (tertiary/aromatic N) is 5. The van der Waals surface area contributed by atoms with Gasteiger partial charge in [-0.25, -0.2) is 14.5 Å². The molecule has 9 heteroatoms. The van der Waals surface area contributed by atoms with Crippen LogP contribution in [0.15, 0.2) is 42.9 Å². The van der Waals surface area contributed by atoms with Gasteiger partial charge in [0.15, 0.2) is 11.5 Å². The summed E-state index contributed by atoms with van der Waals surface area (Å²) in [4.78, 5) is 26.1. The van der Waals surface area contributed by atoms with E-state index in [2.05, 4.69) is 25.1 Å². The maximum absolute atomic E-state index is 15.2. The van der Waals surface area contributed by atoms with Crippen molar-refractivity contribution in [3.8, 4) is 11.4 Å². The van der Waals surface area contributed by atoms with Gasteiger partial charge in [-0.1, -0.05) is 17.7 Å². The number of carbonyl (C=O) groups is 1. The van der Waals surface area contributed by atoms with Gasteiger partial charge in [-0.15, -0.1) is 0 Å². The number of amides is 1. The Morgan fingerprint density at radius 2 is 2.08 bits per heavy atom. The summed E-state index contributed by atoms with van der Waals surface area (Å²) in [6.45, 7) is 0.224. The summed E-state index contributed by atoms with van der Waals surface area (Å²) >= 11 is 5.74. The van der Waals surface area contributed by atoms with Gasteiger partial charge in [-0.3, -0.25) is 14.7 Å². The highest BCUT2D eigenvalue weighted by Gasteiger charge is 2.48. The molecule has 1 amide bonds. The quantitative estimate of drug-likeness (QED) is 0.711. The molecule has 1 unspecified atom stereocenters. The topological polar surface area (TPSA) is 87.7 Å². The highest BCUT2D eigenvalue weighted by atomic mass is 35.5. The number of carbonyl (C=O) groups excluding carboxylic acids is 1. The monoisotopic (exact) mass is 372 g/mol. The molecule has 7 nitrogen and oxygen atoms in total. The molecule has 1 atom stereocenters. The molecule has 0 spiro atoms. The molecule has 4 heterocycles. The fraction of sp³-hybridized carbons (Fsp3) is 0.235. The predicted molar refractivity (Wildman–Crippen MR) is 93.4 cm³/mol. The largest absolute Gasteiger partial charge is 0.278 e. The molecule has 132 valence electrons. The lowest BCUT2D eigenvalue weighted by Crippen LogP contribution is -2.38. The molecule has 1 aliphatic rings. The normalized spacial score (nSPS) is 19.9. The zero-order valence-electron chi connectivity index (χ0n) is 13.6. The fourth-order valence-corrected chi connectivity index (χ4v) is 3.06. The molecule has 1 aliphatic heterocycles. The third-order valence-electron chi connectivity index (χ3n) is 4.30. The van der Waals surface area contributed by atoms with Crippen LogP contribution in [-0.4, -0.2) is 43.3 Å². The van der Waals surface area contributed by atoms with E-state index in [-0.39, 0.29) is 25.3 Å². The van der Waals surface area contributed by atoms with Gasteiger partial charge in [0.05, 0.1) is 0 Å². The average Bonchev–Trinajstić information content (AvgIpc) is 3.24. The molecule has 3 aromatic rings. The molecular weight excluding hydrogens is 359 g/mol. The van der Waals surface area contributed by atoms with E-state index in [1.54, 1.807) is 36.7 Å². The third-order valence-corrected chi connectivity index (χ3v) is 4.52. The summed E-state index contributed by atoms with van der Waals surface area (Å²) in [6.07, 6.45) is 4.74. The number of rotatable bonds is 4. The lowest BCUT2D eigenvalue weighted by atomic mass is 9.96. The Labute approximate surface area is 153 Å². The Morgan fingerprint density at radius 3 is 2.81 bits per heavy atom. The van der Waals surface area contributed by atoms with Gasteiger partial charge in [0.2, 0.25) is 5.95 Å². The van der Waals surface area contributed by atoms with Gasteiger partial charge < -0.3 is 0 Å². The molecule has 3 aromatic heterocycles. The summed E-state index contributed by atoms with van der Waals surface area (Å²) in [5.74, 6) is 0.0221. The van der Waals surface area contributed by atoms with Crippen molar-refractivity contribution in [1.82, 2.24) is 25.1 Å². The minimum Gasteiger partial charge on any atom is -0.278 e. The number of aromatic amines is 1. The summed E-state index contributed by atoms with van der Waals surface area (Å²) in [6, 6.07) is 6.76. The number of hydrogen-bond donors (Lipinski definition) is 1. The first-order valence-electron chi connectivity index (χ1n) is 7.99. The van der Waals surface area contributed by atoms with E-state index in [1.807, 2.05) is 0 Å². The predicted octanol–water partition coefficient (Wildman–Crippen LogP) is 2.60. The SMILES string of the molecule is O=C1N(c2nc(-c3ccncc3)n[nH]2)CCC1(F)Cc1ccc(Cl)nc1. The summed E-state index contributed by atoms with van der Waals surface area (Å²) in [5, 5.41) is 7.14. The van der Waals surface area contributed by atoms with Gasteiger partial charge in [0, 0.05) is 43.5 Å². The van der Waals surface area contributed by atoms with Crippen LogP contribution in [0.2, 0.25) is 5.15 Å². The highest BCUT2D eigenvalue weighted by Crippen LogP contribution is 2.33. The van der Waals surface area contributed by atoms with E-state index in [0.717, 1.165) is 5.56 Å². The Hall–Kier alpha value is -2.87. The average molecular weight is 373 g/mol. The maximum atomic E-state index is 15.2. The number of alkyl halides is 1. The van der Waals surface area contributed by atoms with Crippen molar-refractivity contribution in [2.24, 2.45) is 0 Å². The maximum Gasteiger partial charge on any atom is 0.267 e. The fourth-order valence-electron chi connectivity index (χ4n) is 2.94. The molecule has 0 saturated carbocycles. The Kier molecular flexibility index (Phi) is 4.12. The van der Waals surface area contributed by atoms with Crippen molar-refractivity contribution in [2.75, 3.05) is 11.4 Å². The van der Waals surface area contributed by atoms with Crippen LogP contribution in [-0.2, 0) is 11.2 Å². The highest BCUT2D eigenvalue weighted by molar-refractivity contribution is 6.29. The summed E-state index contributed by atoms with van der Waals surface area (Å²) in [5.41, 5.74) is -0.630. The van der Waals surface area contributed by atoms with E-state index in [0.29, 0.717) is 16.5 Å². The molecule has 0 radical (unpaired) electrons. The van der Waals surface area contributed by atoms with Gasteiger partial charge in [-0.05, 0) is 23.8 Å².